The van der Waals surface area contributed by atoms with E-state index in [4.69, 9.17) is 34.9 Å². The molecule has 2 aromatic heterocycles. The third-order valence-corrected chi connectivity index (χ3v) is 25.5. The summed E-state index contributed by atoms with van der Waals surface area (Å²) >= 11 is 3.42. The van der Waals surface area contributed by atoms with Crippen molar-refractivity contribution in [3.05, 3.63) is 341 Å². The van der Waals surface area contributed by atoms with Crippen LogP contribution in [0, 0.1) is 49.3 Å². The second kappa shape index (κ2) is 61.7. The summed E-state index contributed by atoms with van der Waals surface area (Å²) in [7, 11) is 1.36. The second-order valence-corrected chi connectivity index (χ2v) is 37.5. The minimum atomic E-state index is -0.684. The van der Waals surface area contributed by atoms with Crippen LogP contribution >= 0.6 is 28.3 Å². The molecule has 0 saturated heterocycles. The van der Waals surface area contributed by atoms with E-state index < -0.39 is 12.1 Å². The smallest absolute Gasteiger partial charge is 0.329 e. The number of ether oxygens (including phenoxy) is 2. The highest BCUT2D eigenvalue weighted by molar-refractivity contribution is 9.08. The number of nitrogens with two attached hydrogens (primary N) is 1. The number of para-hydroxylation sites is 3. The first-order valence-corrected chi connectivity index (χ1v) is 50.4. The zero-order chi connectivity index (χ0) is 103. The van der Waals surface area contributed by atoms with E-state index >= 15 is 0 Å². The average molecular weight is 2010 g/mol. The molecule has 5 atom stereocenters. The van der Waals surface area contributed by atoms with Crippen LogP contribution in [0.5, 0.6) is 0 Å². The van der Waals surface area contributed by atoms with Gasteiger partial charge >= 0.3 is 11.9 Å². The van der Waals surface area contributed by atoms with Crippen LogP contribution in [0.15, 0.2) is 273 Å². The van der Waals surface area contributed by atoms with Crippen LogP contribution in [0.25, 0.3) is 92.9 Å². The molecule has 0 bridgehead atoms. The first kappa shape index (κ1) is 116. The Labute approximate surface area is 862 Å². The molecule has 0 fully saturated rings. The standard InChI is InChI=1S/C31H35N5O3.C25H31N5O3.C24H30N2O.C19H22N2.C14H10BrN.C5H13N.ClH/c1-4-5-15-28(37)36(29(22(2)3)31(38)39-21-24-11-7-6-8-12-24)20-23-16-18-25(19-17-23)26-13-9-10-14-27(26)30-32-34-35-33-30;1-5-6-11-22(31)30(23(17(2)3)25(32)33-4)16-18-12-14-19(15-13-18)20-9-7-8-10-21(20)24-26-28-29-27-24;1-6-7-12-24(27)26(19(4)18(2)3)17-20-13-15-21(16-14-20)22-10-8-9-11-23(22)25-5;1-14(2)15(3)21-13-16-9-11-17(12-10-16)18-7-5-6-8-19(18)20-4;1-16-14-5-3-2-4-13(14)12-8-6-11(10-15)7-9-12;1-4(2)5(3)6;/h6-14,16-19,22,29H,4-5,15,20-21H2,1-3H3,(H,32,33,34,35);7-10,12-15,17,23H,5-6,11,16H2,1-4H3,(H,26,27,28,29);8-11,13-16,18-19H,6-7,12,17H2,1-4H3;5-12,14-15,21H,13H2,1-3H3;2-9H,10H2;4-5H,6H2,1-3H3;1H/t29-;23-;19-;15-;;5-;/m1111.1./s1. The van der Waals surface area contributed by atoms with Gasteiger partial charge in [0.25, 0.3) is 0 Å². The maximum absolute atomic E-state index is 13.4. The number of aromatic nitrogens is 8. The molecule has 143 heavy (non-hydrogen) atoms. The second-order valence-electron chi connectivity index (χ2n) is 36.9. The summed E-state index contributed by atoms with van der Waals surface area (Å²) < 4.78 is 10.7. The molecule has 11 aromatic carbocycles. The lowest BCUT2D eigenvalue weighted by Gasteiger charge is -2.33. The van der Waals surface area contributed by atoms with E-state index in [9.17, 15) is 24.0 Å². The fourth-order valence-corrected chi connectivity index (χ4v) is 15.7. The van der Waals surface area contributed by atoms with Crippen molar-refractivity contribution in [2.45, 2.75) is 237 Å². The average Bonchev–Trinajstić information content (AvgIpc) is 1.80. The molecular formula is C118H142BrClN16O7. The molecule has 0 saturated carbocycles. The number of methoxy groups -OCH3 is 1. The van der Waals surface area contributed by atoms with E-state index in [2.05, 4.69) is 207 Å². The van der Waals surface area contributed by atoms with Crippen molar-refractivity contribution in [1.82, 2.24) is 61.3 Å². The molecule has 13 rings (SSSR count). The highest BCUT2D eigenvalue weighted by atomic mass is 79.9. The normalized spacial score (nSPS) is 11.7. The minimum Gasteiger partial charge on any atom is -0.467 e. The van der Waals surface area contributed by atoms with Gasteiger partial charge in [0, 0.05) is 80.0 Å². The third-order valence-electron chi connectivity index (χ3n) is 24.8. The number of esters is 2. The molecule has 2 heterocycles. The van der Waals surface area contributed by atoms with E-state index in [1.54, 1.807) is 9.80 Å². The Hall–Kier alpha value is -13.9. The maximum Gasteiger partial charge on any atom is 0.329 e. The number of hydrogen-bond acceptors (Lipinski definition) is 15. The Kier molecular flexibility index (Phi) is 50.1. The molecule has 13 aromatic rings. The number of nitrogens with one attached hydrogen (secondary N) is 3. The topological polar surface area (TPSA) is 274 Å². The summed E-state index contributed by atoms with van der Waals surface area (Å²) in [5.41, 5.74) is 25.8. The van der Waals surface area contributed by atoms with Crippen molar-refractivity contribution in [2.24, 2.45) is 35.3 Å². The lowest BCUT2D eigenvalue weighted by molar-refractivity contribution is -0.159. The molecular weight excluding hydrogens is 1870 g/mol. The van der Waals surface area contributed by atoms with Crippen molar-refractivity contribution in [3.63, 3.8) is 0 Å². The molecule has 0 aliphatic heterocycles. The number of hydrogen-bond donors (Lipinski definition) is 4. The first-order valence-electron chi connectivity index (χ1n) is 49.3. The van der Waals surface area contributed by atoms with Gasteiger partial charge in [-0.05, 0) is 169 Å². The van der Waals surface area contributed by atoms with Gasteiger partial charge in [-0.1, -0.05) is 398 Å². The lowest BCUT2D eigenvalue weighted by atomic mass is 9.97. The first-order chi connectivity index (χ1) is 68.5. The van der Waals surface area contributed by atoms with Crippen LogP contribution in [0.3, 0.4) is 0 Å². The van der Waals surface area contributed by atoms with Gasteiger partial charge in [0.05, 0.1) is 26.8 Å². The summed E-state index contributed by atoms with van der Waals surface area (Å²) in [4.78, 5) is 81.1. The Morgan fingerprint density at radius 3 is 0.993 bits per heavy atom. The van der Waals surface area contributed by atoms with Crippen molar-refractivity contribution in [1.29, 1.82) is 0 Å². The predicted octanol–water partition coefficient (Wildman–Crippen LogP) is 27.8. The number of tetrazole rings is 2. The number of carbonyl (C=O) groups is 5. The van der Waals surface area contributed by atoms with Crippen molar-refractivity contribution < 1.29 is 33.4 Å². The van der Waals surface area contributed by atoms with Crippen LogP contribution < -0.4 is 11.1 Å². The molecule has 0 spiro atoms. The lowest BCUT2D eigenvalue weighted by Crippen LogP contribution is -2.48. The van der Waals surface area contributed by atoms with E-state index in [0.717, 1.165) is 139 Å². The van der Waals surface area contributed by atoms with Crippen LogP contribution in [0.2, 0.25) is 0 Å². The zero-order valence-electron chi connectivity index (χ0n) is 85.9. The highest BCUT2D eigenvalue weighted by Crippen LogP contribution is 2.37. The number of nitrogens with zero attached hydrogens (tertiary/aromatic N) is 12. The molecule has 25 heteroatoms. The summed E-state index contributed by atoms with van der Waals surface area (Å²) in [6.07, 6.45) is 6.76. The Morgan fingerprint density at radius 2 is 0.685 bits per heavy atom. The van der Waals surface area contributed by atoms with E-state index in [1.807, 2.05) is 259 Å². The number of unbranched alkanes of at least 4 members (excludes halogenated alkanes) is 3. The van der Waals surface area contributed by atoms with Gasteiger partial charge in [-0.2, -0.15) is 10.4 Å². The summed E-state index contributed by atoms with van der Waals surface area (Å²) in [6.45, 7) is 57.4. The molecule has 750 valence electrons. The SMILES string of the molecule is CC(C)[C@@H](C)N.CCCCC(=O)N(Cc1ccc(-c2ccccc2-c2nn[nH]n2)cc1)[C@@H](C(=O)OC)C(C)C.CCCCC(=O)N(Cc1ccc(-c2ccccc2-c2nn[nH]n2)cc1)[C@@H](C(=O)OCc1ccccc1)C(C)C.Cl.[C-]#[N+]c1ccccc1-c1ccc(CBr)cc1.[C-]#[N+]c1ccccc1-c1ccc(CN(C(=O)CCCC)[C@H](C)C(C)C)cc1.[C-]#[N+]c1ccccc1-c1ccc(CN[C@H](C)C(C)C)cc1. The monoisotopic (exact) mass is 2010 g/mol. The number of H-pyrrole nitrogens is 2. The van der Waals surface area contributed by atoms with E-state index in [0.29, 0.717) is 97.4 Å². The Bertz CT molecular complexity index is 6120. The number of rotatable bonds is 38. The number of aromatic amines is 2. The molecule has 0 unspecified atom stereocenters. The Balaban J connectivity index is 0.000000245. The van der Waals surface area contributed by atoms with Gasteiger partial charge in [0.1, 0.15) is 18.7 Å². The molecule has 5 N–H and O–H groups in total. The fraction of sp³-hybridized carbons (Fsp3) is 0.356. The number of benzene rings is 11. The number of amides is 3. The summed E-state index contributed by atoms with van der Waals surface area (Å²) in [6, 6.07) is 89.1. The number of carbonyl (C=O) groups excluding carboxylic acids is 5. The van der Waals surface area contributed by atoms with Crippen molar-refractivity contribution in [3.8, 4) is 78.4 Å². The van der Waals surface area contributed by atoms with Gasteiger partial charge < -0.3 is 35.2 Å². The fourth-order valence-electron chi connectivity index (χ4n) is 15.3. The third kappa shape index (κ3) is 36.2. The van der Waals surface area contributed by atoms with Crippen molar-refractivity contribution in [2.75, 3.05) is 7.11 Å². The molecule has 3 amide bonds. The molecule has 23 nitrogen and oxygen atoms in total. The molecule has 0 aliphatic rings. The Morgan fingerprint density at radius 1 is 0.378 bits per heavy atom. The van der Waals surface area contributed by atoms with Gasteiger partial charge in [-0.15, -0.1) is 32.8 Å². The van der Waals surface area contributed by atoms with Crippen LogP contribution in [0.1, 0.15) is 202 Å². The zero-order valence-corrected chi connectivity index (χ0v) is 88.4. The van der Waals surface area contributed by atoms with Gasteiger partial charge in [0.15, 0.2) is 17.1 Å². The van der Waals surface area contributed by atoms with Gasteiger partial charge in [-0.3, -0.25) is 14.4 Å². The van der Waals surface area contributed by atoms with E-state index in [1.165, 1.54) is 18.2 Å². The predicted molar refractivity (Wildman–Crippen MR) is 584 cm³/mol. The highest BCUT2D eigenvalue weighted by Gasteiger charge is 2.36. The molecule has 0 aliphatic carbocycles. The largest absolute Gasteiger partial charge is 0.467 e. The molecule has 0 radical (unpaired) electrons. The number of alkyl halides is 1. The number of halogens is 2. The van der Waals surface area contributed by atoms with Gasteiger partial charge in [0.2, 0.25) is 29.4 Å². The van der Waals surface area contributed by atoms with Gasteiger partial charge in [-0.25, -0.2) is 24.1 Å². The van der Waals surface area contributed by atoms with Crippen LogP contribution in [-0.4, -0.2) is 123 Å². The van der Waals surface area contributed by atoms with Crippen molar-refractivity contribution >= 4 is 75.1 Å². The summed E-state index contributed by atoms with van der Waals surface area (Å²) in [5.74, 6) is 1.94. The summed E-state index contributed by atoms with van der Waals surface area (Å²) in [5, 5.41) is 33.2. The minimum absolute atomic E-state index is 0. The maximum atomic E-state index is 13.4. The van der Waals surface area contributed by atoms with Crippen LogP contribution in [0.4, 0.5) is 17.1 Å². The quantitative estimate of drug-likeness (QED) is 0.0159. The van der Waals surface area contributed by atoms with E-state index in [-0.39, 0.29) is 66.6 Å². The van der Waals surface area contributed by atoms with Crippen LogP contribution in [-0.2, 0) is 71.6 Å².